The fourth-order valence-electron chi connectivity index (χ4n) is 5.00. The monoisotopic (exact) mass is 592 g/mol. The van der Waals surface area contributed by atoms with Gasteiger partial charge >= 0.3 is 5.97 Å². The number of rotatable bonds is 5. The second kappa shape index (κ2) is 12.1. The topological polar surface area (TPSA) is 85.6 Å². The van der Waals surface area contributed by atoms with E-state index in [-0.39, 0.29) is 12.6 Å². The minimum Gasteiger partial charge on any atom is -0.448 e. The maximum absolute atomic E-state index is 12.8. The summed E-state index contributed by atoms with van der Waals surface area (Å²) in [6.07, 6.45) is 5.15. The zero-order valence-corrected chi connectivity index (χ0v) is 23.8. The minimum absolute atomic E-state index is 0.0571. The predicted octanol–water partition coefficient (Wildman–Crippen LogP) is 4.61. The number of thiophene rings is 1. The Morgan fingerprint density at radius 3 is 2.63 bits per heavy atom. The molecule has 8 nitrogen and oxygen atoms in total. The lowest BCUT2D eigenvalue weighted by Gasteiger charge is -2.35. The standard InChI is InChI=1S/C28H29BrN6O2S/c1-20-24-26(35-10-3-2-4-11-35)31-19-32-27(24)38-25(20)28(36)37-16-6-5-9-33-12-14-34(15-13-33)23-8-7-22(29)17-21(23)18-30/h7-8,17,19H,2-4,9-16H2,1H3. The highest BCUT2D eigenvalue weighted by atomic mass is 79.9. The van der Waals surface area contributed by atoms with E-state index < -0.39 is 0 Å². The number of esters is 1. The van der Waals surface area contributed by atoms with Gasteiger partial charge in [0.15, 0.2) is 6.61 Å². The summed E-state index contributed by atoms with van der Waals surface area (Å²) in [7, 11) is 0. The number of aryl methyl sites for hydroxylation is 1. The minimum atomic E-state index is -0.360. The number of ether oxygens (including phenoxy) is 1. The maximum atomic E-state index is 12.8. The van der Waals surface area contributed by atoms with Gasteiger partial charge in [-0.1, -0.05) is 27.8 Å². The summed E-state index contributed by atoms with van der Waals surface area (Å²) in [5.41, 5.74) is 2.53. The van der Waals surface area contributed by atoms with Crippen molar-refractivity contribution in [1.29, 1.82) is 5.26 Å². The van der Waals surface area contributed by atoms with Gasteiger partial charge < -0.3 is 14.5 Å². The van der Waals surface area contributed by atoms with Crippen LogP contribution in [0.5, 0.6) is 0 Å². The molecular weight excluding hydrogens is 564 g/mol. The Kier molecular flexibility index (Phi) is 8.43. The number of halogens is 1. The highest BCUT2D eigenvalue weighted by Gasteiger charge is 2.23. The van der Waals surface area contributed by atoms with Crippen LogP contribution in [0.3, 0.4) is 0 Å². The average Bonchev–Trinajstić information content (AvgIpc) is 3.30. The molecule has 10 heteroatoms. The molecule has 3 aromatic rings. The van der Waals surface area contributed by atoms with Gasteiger partial charge in [-0.2, -0.15) is 5.26 Å². The zero-order valence-electron chi connectivity index (χ0n) is 21.4. The summed E-state index contributed by atoms with van der Waals surface area (Å²) in [6.45, 7) is 7.98. The molecule has 4 heterocycles. The fraction of sp³-hybridized carbons (Fsp3) is 0.429. The molecule has 2 aromatic heterocycles. The van der Waals surface area contributed by atoms with Gasteiger partial charge in [-0.15, -0.1) is 11.3 Å². The van der Waals surface area contributed by atoms with Gasteiger partial charge in [-0.25, -0.2) is 14.8 Å². The highest BCUT2D eigenvalue weighted by Crippen LogP contribution is 2.36. The number of piperazine rings is 1. The van der Waals surface area contributed by atoms with Crippen molar-refractivity contribution >= 4 is 55.0 Å². The van der Waals surface area contributed by atoms with Crippen molar-refractivity contribution < 1.29 is 9.53 Å². The van der Waals surface area contributed by atoms with E-state index in [0.29, 0.717) is 17.0 Å². The summed E-state index contributed by atoms with van der Waals surface area (Å²) in [5, 5.41) is 10.4. The van der Waals surface area contributed by atoms with E-state index in [0.717, 1.165) is 83.9 Å². The van der Waals surface area contributed by atoms with Crippen LogP contribution < -0.4 is 9.80 Å². The lowest BCUT2D eigenvalue weighted by Crippen LogP contribution is -2.46. The fourth-order valence-corrected chi connectivity index (χ4v) is 6.40. The van der Waals surface area contributed by atoms with Gasteiger partial charge in [-0.3, -0.25) is 4.90 Å². The quantitative estimate of drug-likeness (QED) is 0.314. The molecule has 0 atom stereocenters. The van der Waals surface area contributed by atoms with Crippen LogP contribution in [-0.4, -0.2) is 73.3 Å². The third-order valence-corrected chi connectivity index (χ3v) is 8.72. The number of nitriles is 1. The first kappa shape index (κ1) is 26.4. The summed E-state index contributed by atoms with van der Waals surface area (Å²) in [6, 6.07) is 8.10. The molecule has 196 valence electrons. The summed E-state index contributed by atoms with van der Waals surface area (Å²) >= 11 is 4.79. The van der Waals surface area contributed by atoms with E-state index in [1.54, 1.807) is 6.33 Å². The third kappa shape index (κ3) is 5.78. The zero-order chi connectivity index (χ0) is 26.5. The number of nitrogens with zero attached hydrogens (tertiary/aromatic N) is 6. The van der Waals surface area contributed by atoms with Crippen LogP contribution in [0.1, 0.15) is 40.1 Å². The molecule has 0 bridgehead atoms. The first-order valence-electron chi connectivity index (χ1n) is 12.8. The molecule has 2 fully saturated rings. The average molecular weight is 594 g/mol. The van der Waals surface area contributed by atoms with Crippen molar-refractivity contribution in [3.05, 3.63) is 45.0 Å². The summed E-state index contributed by atoms with van der Waals surface area (Å²) in [5.74, 6) is 6.69. The molecule has 0 aliphatic carbocycles. The van der Waals surface area contributed by atoms with Gasteiger partial charge in [0.2, 0.25) is 0 Å². The molecule has 1 aromatic carbocycles. The second-order valence-corrected chi connectivity index (χ2v) is 11.4. The molecule has 0 spiro atoms. The van der Waals surface area contributed by atoms with Crippen LogP contribution in [0.2, 0.25) is 0 Å². The van der Waals surface area contributed by atoms with E-state index in [1.165, 1.54) is 17.8 Å². The van der Waals surface area contributed by atoms with E-state index in [1.807, 2.05) is 25.1 Å². The number of benzene rings is 1. The van der Waals surface area contributed by atoms with E-state index in [9.17, 15) is 10.1 Å². The molecule has 0 unspecified atom stereocenters. The van der Waals surface area contributed by atoms with Crippen LogP contribution in [0.4, 0.5) is 11.5 Å². The molecule has 5 rings (SSSR count). The Labute approximate surface area is 235 Å². The lowest BCUT2D eigenvalue weighted by molar-refractivity contribution is 0.0561. The lowest BCUT2D eigenvalue weighted by atomic mass is 10.1. The van der Waals surface area contributed by atoms with Gasteiger partial charge in [0.05, 0.1) is 23.2 Å². The van der Waals surface area contributed by atoms with Crippen molar-refractivity contribution in [3.63, 3.8) is 0 Å². The number of fused-ring (bicyclic) bond motifs is 1. The number of aromatic nitrogens is 2. The van der Waals surface area contributed by atoms with Crippen molar-refractivity contribution in [2.75, 3.05) is 62.2 Å². The first-order valence-corrected chi connectivity index (χ1v) is 14.4. The Balaban J connectivity index is 1.13. The molecule has 0 saturated carbocycles. The third-order valence-electron chi connectivity index (χ3n) is 7.04. The second-order valence-electron chi connectivity index (χ2n) is 9.45. The number of carbonyl (C=O) groups excluding carboxylic acids is 1. The molecular formula is C28H29BrN6O2S. The Bertz CT molecular complexity index is 1420. The van der Waals surface area contributed by atoms with Crippen LogP contribution in [-0.2, 0) is 4.74 Å². The molecule has 2 aliphatic heterocycles. The predicted molar refractivity (Wildman–Crippen MR) is 154 cm³/mol. The highest BCUT2D eigenvalue weighted by molar-refractivity contribution is 9.10. The van der Waals surface area contributed by atoms with Crippen molar-refractivity contribution in [2.24, 2.45) is 0 Å². The maximum Gasteiger partial charge on any atom is 0.349 e. The molecule has 0 N–H and O–H groups in total. The van der Waals surface area contributed by atoms with Crippen LogP contribution >= 0.6 is 27.3 Å². The molecule has 0 amide bonds. The van der Waals surface area contributed by atoms with Crippen molar-refractivity contribution in [2.45, 2.75) is 26.2 Å². The van der Waals surface area contributed by atoms with Gasteiger partial charge in [0, 0.05) is 43.7 Å². The van der Waals surface area contributed by atoms with E-state index in [4.69, 9.17) is 4.74 Å². The van der Waals surface area contributed by atoms with Gasteiger partial charge in [-0.05, 0) is 49.9 Å². The SMILES string of the molecule is Cc1c(C(=O)OCC#CCN2CCN(c3ccc(Br)cc3C#N)CC2)sc2ncnc(N3CCCCC3)c12. The van der Waals surface area contributed by atoms with E-state index in [2.05, 4.69) is 58.5 Å². The van der Waals surface area contributed by atoms with Crippen LogP contribution in [0.25, 0.3) is 10.2 Å². The smallest absolute Gasteiger partial charge is 0.349 e. The molecule has 0 radical (unpaired) electrons. The number of hydrogen-bond acceptors (Lipinski definition) is 9. The number of hydrogen-bond donors (Lipinski definition) is 0. The van der Waals surface area contributed by atoms with Gasteiger partial charge in [0.1, 0.15) is 27.9 Å². The largest absolute Gasteiger partial charge is 0.448 e. The molecule has 2 saturated heterocycles. The van der Waals surface area contributed by atoms with E-state index >= 15 is 0 Å². The molecule has 38 heavy (non-hydrogen) atoms. The Morgan fingerprint density at radius 2 is 1.87 bits per heavy atom. The summed E-state index contributed by atoms with van der Waals surface area (Å²) < 4.78 is 6.41. The van der Waals surface area contributed by atoms with Gasteiger partial charge in [0.25, 0.3) is 0 Å². The van der Waals surface area contributed by atoms with Crippen molar-refractivity contribution in [1.82, 2.24) is 14.9 Å². The first-order chi connectivity index (χ1) is 18.5. The number of carbonyl (C=O) groups is 1. The van der Waals surface area contributed by atoms with Crippen molar-refractivity contribution in [3.8, 4) is 17.9 Å². The number of piperidine rings is 1. The summed E-state index contributed by atoms with van der Waals surface area (Å²) in [4.78, 5) is 30.0. The Hall–Kier alpha value is -3.18. The number of anilines is 2. The van der Waals surface area contributed by atoms with Crippen LogP contribution in [0.15, 0.2) is 29.0 Å². The molecule has 2 aliphatic rings. The Morgan fingerprint density at radius 1 is 1.08 bits per heavy atom. The van der Waals surface area contributed by atoms with Crippen LogP contribution in [0, 0.1) is 30.1 Å². The normalized spacial score (nSPS) is 16.1.